The maximum Gasteiger partial charge on any atom is 0.238 e. The number of nitrogens with two attached hydrogens (primary N) is 1. The lowest BCUT2D eigenvalue weighted by Gasteiger charge is -2.38. The summed E-state index contributed by atoms with van der Waals surface area (Å²) in [5.41, 5.74) is 6.02. The van der Waals surface area contributed by atoms with Crippen LogP contribution in [0.3, 0.4) is 0 Å². The van der Waals surface area contributed by atoms with Crippen molar-refractivity contribution in [2.45, 2.75) is 109 Å². The van der Waals surface area contributed by atoms with Crippen LogP contribution in [0.5, 0.6) is 0 Å². The molecule has 244 valence electrons. The first-order valence-corrected chi connectivity index (χ1v) is 16.8. The maximum atomic E-state index is 16.0. The van der Waals surface area contributed by atoms with Gasteiger partial charge in [0.2, 0.25) is 11.8 Å². The van der Waals surface area contributed by atoms with Gasteiger partial charge in [0, 0.05) is 35.1 Å². The highest BCUT2D eigenvalue weighted by Gasteiger charge is 2.66. The van der Waals surface area contributed by atoms with E-state index in [1.54, 1.807) is 24.3 Å². The lowest BCUT2D eigenvalue weighted by Crippen LogP contribution is -2.50. The van der Waals surface area contributed by atoms with Gasteiger partial charge in [0.25, 0.3) is 0 Å². The minimum absolute atomic E-state index is 0.0686. The predicted molar refractivity (Wildman–Crippen MR) is 177 cm³/mol. The van der Waals surface area contributed by atoms with Crippen LogP contribution in [-0.2, 0) is 19.8 Å². The topological polar surface area (TPSA) is 113 Å². The fourth-order valence-corrected chi connectivity index (χ4v) is 8.10. The van der Waals surface area contributed by atoms with Gasteiger partial charge in [-0.1, -0.05) is 76.0 Å². The lowest BCUT2D eigenvalue weighted by molar-refractivity contribution is -0.125. The molecule has 0 bridgehead atoms. The number of ketones is 1. The second kappa shape index (κ2) is 12.9. The molecule has 2 amide bonds. The molecule has 3 aliphatic rings. The minimum Gasteiger partial charge on any atom is -0.352 e. The van der Waals surface area contributed by atoms with Crippen molar-refractivity contribution in [3.63, 3.8) is 0 Å². The van der Waals surface area contributed by atoms with Crippen molar-refractivity contribution in [1.29, 1.82) is 0 Å². The molecule has 5 N–H and O–H groups in total. The molecule has 2 fully saturated rings. The first-order valence-electron chi connectivity index (χ1n) is 16.0. The first kappa shape index (κ1) is 33.8. The molecule has 2 aromatic carbocycles. The van der Waals surface area contributed by atoms with Crippen molar-refractivity contribution in [3.05, 3.63) is 63.4 Å². The van der Waals surface area contributed by atoms with Gasteiger partial charge in [-0.2, -0.15) is 0 Å². The number of nitrogens with one attached hydrogen (secondary N) is 3. The zero-order valence-electron chi connectivity index (χ0n) is 26.7. The molecule has 7 nitrogen and oxygen atoms in total. The van der Waals surface area contributed by atoms with Gasteiger partial charge in [0.15, 0.2) is 0 Å². The summed E-state index contributed by atoms with van der Waals surface area (Å²) < 4.78 is 16.0. The standard InChI is InChI=1S/C35H45Cl2FN4O3/c1-18(2)30(39)26(43)15-19-9-12-21(13-10-19)40-32(44)31-28(22-7-6-8-24(37)29(22)38)35(27(42-31)17-34(3,4)5)23-14-11-20(36)16-25(23)41-33(35)45/h6-8,11,14,16,18-19,21,27-28,30-31,42H,9-10,12-13,15,17,39H2,1-5H3,(H,40,44)(H,41,45)/t19-,21-,27-,28+,30-,31-,35+/m1/s1. The summed E-state index contributed by atoms with van der Waals surface area (Å²) in [6.07, 6.45) is 4.06. The molecule has 2 aromatic rings. The highest BCUT2D eigenvalue weighted by Crippen LogP contribution is 2.57. The normalized spacial score (nSPS) is 28.7. The molecule has 1 saturated carbocycles. The zero-order valence-corrected chi connectivity index (χ0v) is 28.2. The fourth-order valence-electron chi connectivity index (χ4n) is 7.75. The molecule has 5 atom stereocenters. The molecule has 1 spiro atoms. The van der Waals surface area contributed by atoms with Gasteiger partial charge in [-0.05, 0) is 78.7 Å². The van der Waals surface area contributed by atoms with E-state index < -0.39 is 35.3 Å². The van der Waals surface area contributed by atoms with Crippen LogP contribution in [0.15, 0.2) is 36.4 Å². The average molecular weight is 660 g/mol. The Labute approximate surface area is 275 Å². The number of anilines is 1. The van der Waals surface area contributed by atoms with E-state index in [-0.39, 0.29) is 51.5 Å². The Hall–Kier alpha value is -2.52. The summed E-state index contributed by atoms with van der Waals surface area (Å²) in [6.45, 7) is 10.1. The first-order chi connectivity index (χ1) is 21.1. The number of hydrogen-bond acceptors (Lipinski definition) is 5. The minimum atomic E-state index is -1.30. The fraction of sp³-hybridized carbons (Fsp3) is 0.571. The Morgan fingerprint density at radius 2 is 1.80 bits per heavy atom. The smallest absolute Gasteiger partial charge is 0.238 e. The molecule has 10 heteroatoms. The average Bonchev–Trinajstić information content (AvgIpc) is 3.44. The Kier molecular flexibility index (Phi) is 9.73. The van der Waals surface area contributed by atoms with Crippen molar-refractivity contribution in [1.82, 2.24) is 10.6 Å². The number of rotatable bonds is 8. The van der Waals surface area contributed by atoms with Gasteiger partial charge in [-0.25, -0.2) is 4.39 Å². The second-order valence-corrected chi connectivity index (χ2v) is 15.6. The third-order valence-corrected chi connectivity index (χ3v) is 10.5. The van der Waals surface area contributed by atoms with Crippen LogP contribution in [0.2, 0.25) is 10.0 Å². The van der Waals surface area contributed by atoms with E-state index >= 15 is 4.39 Å². The third-order valence-electron chi connectivity index (χ3n) is 9.99. The molecular formula is C35H45Cl2FN4O3. The zero-order chi connectivity index (χ0) is 32.8. The van der Waals surface area contributed by atoms with Crippen molar-refractivity contribution in [3.8, 4) is 0 Å². The number of carbonyl (C=O) groups is 3. The second-order valence-electron chi connectivity index (χ2n) is 14.8. The van der Waals surface area contributed by atoms with Gasteiger partial charge >= 0.3 is 0 Å². The number of halogens is 3. The highest BCUT2D eigenvalue weighted by atomic mass is 35.5. The van der Waals surface area contributed by atoms with Crippen LogP contribution in [-0.4, -0.2) is 41.8 Å². The van der Waals surface area contributed by atoms with Gasteiger partial charge in [0.1, 0.15) is 17.0 Å². The van der Waals surface area contributed by atoms with Crippen LogP contribution < -0.4 is 21.7 Å². The summed E-state index contributed by atoms with van der Waals surface area (Å²) in [7, 11) is 0. The summed E-state index contributed by atoms with van der Waals surface area (Å²) in [4.78, 5) is 41.2. The van der Waals surface area contributed by atoms with Crippen molar-refractivity contribution >= 4 is 46.5 Å². The van der Waals surface area contributed by atoms with Crippen molar-refractivity contribution < 1.29 is 18.8 Å². The molecular weight excluding hydrogens is 614 g/mol. The Morgan fingerprint density at radius 1 is 1.11 bits per heavy atom. The predicted octanol–water partition coefficient (Wildman–Crippen LogP) is 6.50. The SMILES string of the molecule is CC(C)[C@@H](N)C(=O)C[C@H]1CC[C@H](NC(=O)[C@@H]2N[C@H](CC(C)(C)C)[C@]3(C(=O)Nc4cc(Cl)ccc43)[C@H]2c2cccc(Cl)c2F)CC1. The van der Waals surface area contributed by atoms with E-state index in [1.165, 1.54) is 6.07 Å². The maximum absolute atomic E-state index is 16.0. The highest BCUT2D eigenvalue weighted by molar-refractivity contribution is 6.31. The summed E-state index contributed by atoms with van der Waals surface area (Å²) in [5, 5.41) is 10.2. The number of carbonyl (C=O) groups excluding carboxylic acids is 3. The number of Topliss-reactive ketones (excluding diaryl/α,β-unsaturated/α-hetero) is 1. The van der Waals surface area contributed by atoms with E-state index in [4.69, 9.17) is 28.9 Å². The summed E-state index contributed by atoms with van der Waals surface area (Å²) in [6, 6.07) is 8.03. The molecule has 45 heavy (non-hydrogen) atoms. The lowest BCUT2D eigenvalue weighted by atomic mass is 9.62. The van der Waals surface area contributed by atoms with Crippen LogP contribution in [0.25, 0.3) is 0 Å². The largest absolute Gasteiger partial charge is 0.352 e. The number of amides is 2. The number of hydrogen-bond donors (Lipinski definition) is 4. The number of fused-ring (bicyclic) bond motifs is 2. The quantitative estimate of drug-likeness (QED) is 0.259. The van der Waals surface area contributed by atoms with Gasteiger partial charge < -0.3 is 21.7 Å². The monoisotopic (exact) mass is 658 g/mol. The van der Waals surface area contributed by atoms with Crippen LogP contribution in [0, 0.1) is 23.1 Å². The van der Waals surface area contributed by atoms with Crippen molar-refractivity contribution in [2.75, 3.05) is 5.32 Å². The van der Waals surface area contributed by atoms with E-state index in [9.17, 15) is 14.4 Å². The molecule has 1 saturated heterocycles. The van der Waals surface area contributed by atoms with E-state index in [2.05, 4.69) is 36.7 Å². The Morgan fingerprint density at radius 3 is 2.44 bits per heavy atom. The molecule has 5 rings (SSSR count). The van der Waals surface area contributed by atoms with Crippen LogP contribution >= 0.6 is 23.2 Å². The molecule has 2 heterocycles. The van der Waals surface area contributed by atoms with Gasteiger partial charge in [-0.15, -0.1) is 0 Å². The van der Waals surface area contributed by atoms with E-state index in [1.807, 2.05) is 19.9 Å². The van der Waals surface area contributed by atoms with E-state index in [0.29, 0.717) is 29.1 Å². The van der Waals surface area contributed by atoms with Crippen LogP contribution in [0.4, 0.5) is 10.1 Å². The molecule has 0 unspecified atom stereocenters. The third kappa shape index (κ3) is 6.53. The number of benzene rings is 2. The summed E-state index contributed by atoms with van der Waals surface area (Å²) >= 11 is 12.6. The molecule has 2 aliphatic heterocycles. The van der Waals surface area contributed by atoms with E-state index in [0.717, 1.165) is 25.7 Å². The molecule has 1 aliphatic carbocycles. The summed E-state index contributed by atoms with van der Waals surface area (Å²) in [5.74, 6) is -1.70. The molecule has 0 aromatic heterocycles. The Bertz CT molecular complexity index is 1470. The molecule has 0 radical (unpaired) electrons. The Balaban J connectivity index is 1.48. The van der Waals surface area contributed by atoms with Gasteiger partial charge in [-0.3, -0.25) is 14.4 Å². The van der Waals surface area contributed by atoms with Gasteiger partial charge in [0.05, 0.1) is 17.1 Å². The van der Waals surface area contributed by atoms with Crippen molar-refractivity contribution in [2.24, 2.45) is 23.0 Å². The van der Waals surface area contributed by atoms with Crippen LogP contribution in [0.1, 0.15) is 90.2 Å².